The van der Waals surface area contributed by atoms with Crippen LogP contribution in [0.5, 0.6) is 11.5 Å². The molecule has 2 aromatic carbocycles. The largest absolute Gasteiger partial charge is 0.497 e. The average molecular weight is 537 g/mol. The summed E-state index contributed by atoms with van der Waals surface area (Å²) in [5, 5.41) is 13.4. The summed E-state index contributed by atoms with van der Waals surface area (Å²) in [6.07, 6.45) is 1.58. The monoisotopic (exact) mass is 536 g/mol. The van der Waals surface area contributed by atoms with Crippen LogP contribution in [-0.2, 0) is 9.59 Å². The number of nitro groups is 1. The second-order valence-electron chi connectivity index (χ2n) is 8.32. The van der Waals surface area contributed by atoms with Crippen molar-refractivity contribution in [2.45, 2.75) is 13.8 Å². The molecule has 3 amide bonds. The molecule has 0 aliphatic carbocycles. The molecule has 1 aliphatic heterocycles. The lowest BCUT2D eigenvalue weighted by atomic mass is 10.2. The Hall–Kier alpha value is -4.58. The van der Waals surface area contributed by atoms with Crippen molar-refractivity contribution in [1.29, 1.82) is 0 Å². The second-order valence-corrected chi connectivity index (χ2v) is 9.31. The Morgan fingerprint density at radius 1 is 1.08 bits per heavy atom. The van der Waals surface area contributed by atoms with Crippen LogP contribution in [0.1, 0.15) is 17.0 Å². The summed E-state index contributed by atoms with van der Waals surface area (Å²) in [5.74, 6) is -0.0354. The molecule has 12 heteroatoms. The van der Waals surface area contributed by atoms with Gasteiger partial charge < -0.3 is 19.4 Å². The number of imide groups is 1. The van der Waals surface area contributed by atoms with Crippen LogP contribution in [-0.4, -0.2) is 52.2 Å². The van der Waals surface area contributed by atoms with E-state index in [1.807, 2.05) is 6.92 Å². The third kappa shape index (κ3) is 5.25. The third-order valence-corrected chi connectivity index (χ3v) is 6.83. The van der Waals surface area contributed by atoms with Crippen molar-refractivity contribution in [1.82, 2.24) is 9.47 Å². The molecule has 0 spiro atoms. The van der Waals surface area contributed by atoms with Gasteiger partial charge in [0.25, 0.3) is 16.8 Å². The molecule has 196 valence electrons. The summed E-state index contributed by atoms with van der Waals surface area (Å²) in [6.45, 7) is 3.18. The average Bonchev–Trinajstić information content (AvgIpc) is 3.32. The Kier molecular flexibility index (Phi) is 7.53. The Morgan fingerprint density at radius 3 is 2.42 bits per heavy atom. The quantitative estimate of drug-likeness (QED) is 0.249. The molecule has 0 atom stereocenters. The smallest absolute Gasteiger partial charge is 0.294 e. The minimum Gasteiger partial charge on any atom is -0.497 e. The zero-order valence-electron chi connectivity index (χ0n) is 21.0. The van der Waals surface area contributed by atoms with E-state index < -0.39 is 28.5 Å². The lowest BCUT2D eigenvalue weighted by Crippen LogP contribution is -2.36. The fourth-order valence-electron chi connectivity index (χ4n) is 4.07. The number of nitrogens with one attached hydrogen (secondary N) is 1. The molecule has 1 aromatic heterocycles. The molecule has 0 bridgehead atoms. The van der Waals surface area contributed by atoms with E-state index in [1.54, 1.807) is 47.9 Å². The fraction of sp³-hybridized carbons (Fsp3) is 0.192. The molecule has 11 nitrogen and oxygen atoms in total. The molecular weight excluding hydrogens is 512 g/mol. The second kappa shape index (κ2) is 10.8. The first-order chi connectivity index (χ1) is 18.1. The first-order valence-corrected chi connectivity index (χ1v) is 12.2. The first-order valence-electron chi connectivity index (χ1n) is 11.3. The summed E-state index contributed by atoms with van der Waals surface area (Å²) in [5.41, 5.74) is 2.95. The highest BCUT2D eigenvalue weighted by Crippen LogP contribution is 2.35. The number of carbonyl (C=O) groups is 3. The van der Waals surface area contributed by atoms with Crippen LogP contribution in [0.3, 0.4) is 0 Å². The van der Waals surface area contributed by atoms with E-state index in [9.17, 15) is 24.5 Å². The molecule has 0 unspecified atom stereocenters. The lowest BCUT2D eigenvalue weighted by Gasteiger charge is -2.14. The molecule has 2 heterocycles. The highest BCUT2D eigenvalue weighted by atomic mass is 32.2. The molecule has 1 fully saturated rings. The van der Waals surface area contributed by atoms with Gasteiger partial charge in [0.05, 0.1) is 29.7 Å². The van der Waals surface area contributed by atoms with Gasteiger partial charge >= 0.3 is 0 Å². The number of nitro benzene ring substituents is 1. The lowest BCUT2D eigenvalue weighted by molar-refractivity contribution is -0.384. The van der Waals surface area contributed by atoms with Gasteiger partial charge in [-0.05, 0) is 73.6 Å². The van der Waals surface area contributed by atoms with E-state index in [0.29, 0.717) is 34.1 Å². The Bertz CT molecular complexity index is 1480. The molecular formula is C26H24N4O7S. The van der Waals surface area contributed by atoms with Crippen LogP contribution in [0.15, 0.2) is 53.4 Å². The minimum atomic E-state index is -0.581. The topological polar surface area (TPSA) is 133 Å². The highest BCUT2D eigenvalue weighted by molar-refractivity contribution is 8.18. The zero-order valence-corrected chi connectivity index (χ0v) is 21.8. The van der Waals surface area contributed by atoms with Gasteiger partial charge in [0, 0.05) is 29.2 Å². The SMILES string of the molecule is COc1ccc(NC(=O)CN2C(=O)S/C(=C/c3cc(C)n(-c4cc([N+](=O)[O-])ccc4OC)c3C)C2=O)cc1. The number of thioether (sulfide) groups is 1. The van der Waals surface area contributed by atoms with Crippen molar-refractivity contribution in [2.75, 3.05) is 26.1 Å². The molecule has 3 aromatic rings. The Labute approximate surface area is 222 Å². The first kappa shape index (κ1) is 26.5. The molecule has 1 N–H and O–H groups in total. The van der Waals surface area contributed by atoms with Crippen molar-refractivity contribution in [2.24, 2.45) is 0 Å². The minimum absolute atomic E-state index is 0.0936. The number of amides is 3. The van der Waals surface area contributed by atoms with Gasteiger partial charge in [-0.3, -0.25) is 29.4 Å². The summed E-state index contributed by atoms with van der Waals surface area (Å²) in [6, 6.07) is 12.8. The number of rotatable bonds is 8. The number of aryl methyl sites for hydroxylation is 1. The van der Waals surface area contributed by atoms with Gasteiger partial charge in [-0.1, -0.05) is 0 Å². The van der Waals surface area contributed by atoms with Crippen LogP contribution in [0.2, 0.25) is 0 Å². The van der Waals surface area contributed by atoms with Crippen molar-refractivity contribution >= 4 is 46.3 Å². The number of aromatic nitrogens is 1. The van der Waals surface area contributed by atoms with Crippen molar-refractivity contribution < 1.29 is 28.8 Å². The summed E-state index contributed by atoms with van der Waals surface area (Å²) in [4.78, 5) is 50.0. The number of carbonyl (C=O) groups excluding carboxylic acids is 3. The van der Waals surface area contributed by atoms with Gasteiger partial charge in [-0.25, -0.2) is 0 Å². The zero-order chi connectivity index (χ0) is 27.6. The van der Waals surface area contributed by atoms with Crippen LogP contribution < -0.4 is 14.8 Å². The number of ether oxygens (including phenoxy) is 2. The maximum atomic E-state index is 13.0. The number of anilines is 1. The van der Waals surface area contributed by atoms with E-state index in [-0.39, 0.29) is 10.6 Å². The van der Waals surface area contributed by atoms with E-state index in [0.717, 1.165) is 22.4 Å². The number of methoxy groups -OCH3 is 2. The van der Waals surface area contributed by atoms with Crippen LogP contribution in [0, 0.1) is 24.0 Å². The summed E-state index contributed by atoms with van der Waals surface area (Å²) in [7, 11) is 3.00. The maximum absolute atomic E-state index is 13.0. The molecule has 1 saturated heterocycles. The maximum Gasteiger partial charge on any atom is 0.294 e. The fourth-order valence-corrected chi connectivity index (χ4v) is 4.90. The van der Waals surface area contributed by atoms with Crippen LogP contribution >= 0.6 is 11.8 Å². The van der Waals surface area contributed by atoms with Crippen molar-refractivity contribution in [3.63, 3.8) is 0 Å². The molecule has 0 radical (unpaired) electrons. The summed E-state index contributed by atoms with van der Waals surface area (Å²) >= 11 is 0.742. The van der Waals surface area contributed by atoms with Crippen LogP contribution in [0.25, 0.3) is 11.8 Å². The molecule has 0 saturated carbocycles. The van der Waals surface area contributed by atoms with E-state index in [1.165, 1.54) is 32.4 Å². The number of benzene rings is 2. The van der Waals surface area contributed by atoms with Gasteiger partial charge in [-0.15, -0.1) is 0 Å². The van der Waals surface area contributed by atoms with Gasteiger partial charge in [0.15, 0.2) is 0 Å². The number of non-ortho nitro benzene ring substituents is 1. The van der Waals surface area contributed by atoms with E-state index in [4.69, 9.17) is 9.47 Å². The molecule has 4 rings (SSSR count). The van der Waals surface area contributed by atoms with Crippen molar-refractivity contribution in [3.8, 4) is 17.2 Å². The van der Waals surface area contributed by atoms with Crippen LogP contribution in [0.4, 0.5) is 16.2 Å². The Balaban J connectivity index is 1.56. The normalized spacial score (nSPS) is 14.2. The molecule has 1 aliphatic rings. The van der Waals surface area contributed by atoms with Crippen molar-refractivity contribution in [3.05, 3.63) is 80.5 Å². The molecule has 38 heavy (non-hydrogen) atoms. The number of hydrogen-bond acceptors (Lipinski definition) is 8. The number of nitrogens with zero attached hydrogens (tertiary/aromatic N) is 3. The Morgan fingerprint density at radius 2 is 1.79 bits per heavy atom. The number of hydrogen-bond donors (Lipinski definition) is 1. The predicted octanol–water partition coefficient (Wildman–Crippen LogP) is 4.69. The highest BCUT2D eigenvalue weighted by Gasteiger charge is 2.36. The predicted molar refractivity (Wildman–Crippen MR) is 143 cm³/mol. The van der Waals surface area contributed by atoms with Gasteiger partial charge in [0.1, 0.15) is 18.0 Å². The summed E-state index contributed by atoms with van der Waals surface area (Å²) < 4.78 is 12.3. The van der Waals surface area contributed by atoms with Gasteiger partial charge in [-0.2, -0.15) is 0 Å². The van der Waals surface area contributed by atoms with Gasteiger partial charge in [0.2, 0.25) is 5.91 Å². The standard InChI is InChI=1S/C26H24N4O7S/c1-15-11-17(16(2)29(15)21-13-19(30(34)35)7-10-22(21)37-4)12-23-25(32)28(26(33)38-23)14-24(31)27-18-5-8-20(36-3)9-6-18/h5-13H,14H2,1-4H3,(H,27,31)/b23-12+. The van der Waals surface area contributed by atoms with E-state index >= 15 is 0 Å². The van der Waals surface area contributed by atoms with E-state index in [2.05, 4.69) is 5.32 Å². The third-order valence-electron chi connectivity index (χ3n) is 5.92.